The number of carbonyl (C=O) groups excluding carboxylic acids is 8. The normalized spacial score (nSPS) is 33.7. The van der Waals surface area contributed by atoms with Crippen LogP contribution in [0.1, 0.15) is 148 Å². The Morgan fingerprint density at radius 1 is 0.270 bits per heavy atom. The highest BCUT2D eigenvalue weighted by atomic mass is 16.8. The van der Waals surface area contributed by atoms with Gasteiger partial charge in [0.05, 0.1) is 98.9 Å². The van der Waals surface area contributed by atoms with Crippen molar-refractivity contribution < 1.29 is 237 Å². The lowest BCUT2D eigenvalue weighted by Gasteiger charge is -2.46. The average Bonchev–Trinajstić information content (AvgIpc) is 0.772. The summed E-state index contributed by atoms with van der Waals surface area (Å²) in [6.07, 6.45) is -51.6. The van der Waals surface area contributed by atoms with Crippen LogP contribution < -0.4 is 31.9 Å². The number of nitrogens with zero attached hydrogens (tertiary/aromatic N) is 3. The molecule has 32 N–H and O–H groups in total. The van der Waals surface area contributed by atoms with Crippen molar-refractivity contribution in [3.8, 4) is 0 Å². The maximum atomic E-state index is 14.3. The van der Waals surface area contributed by atoms with Crippen molar-refractivity contribution in [1.82, 2.24) is 46.6 Å². The fourth-order valence-electron chi connectivity index (χ4n) is 17.3. The van der Waals surface area contributed by atoms with Crippen LogP contribution >= 0.6 is 0 Å². The molecule has 7 saturated heterocycles. The lowest BCUT2D eigenvalue weighted by molar-refractivity contribution is -0.366. The van der Waals surface area contributed by atoms with Crippen LogP contribution in [0.2, 0.25) is 0 Å². The van der Waals surface area contributed by atoms with Crippen molar-refractivity contribution in [1.29, 1.82) is 0 Å². The van der Waals surface area contributed by atoms with E-state index in [0.29, 0.717) is 51.4 Å². The first-order valence-corrected chi connectivity index (χ1v) is 50.9. The molecule has 0 spiro atoms. The lowest BCUT2D eigenvalue weighted by Crippen LogP contribution is -2.65. The minimum atomic E-state index is -2.00. The van der Waals surface area contributed by atoms with Crippen LogP contribution in [0.25, 0.3) is 0 Å². The number of carbonyl (C=O) groups is 8. The second-order valence-corrected chi connectivity index (χ2v) is 37.7. The molecule has 0 saturated carbocycles. The molecule has 0 unspecified atom stereocenters. The highest BCUT2D eigenvalue weighted by Gasteiger charge is 2.54. The number of aliphatic hydroxyl groups is 26. The van der Waals surface area contributed by atoms with E-state index < -0.39 is 322 Å². The first-order valence-electron chi connectivity index (χ1n) is 50.9. The molecule has 0 bridgehead atoms. The molecule has 0 aromatic carbocycles. The number of rotatable bonds is 69. The second kappa shape index (κ2) is 68.5. The van der Waals surface area contributed by atoms with Crippen LogP contribution in [0.15, 0.2) is 0 Å². The molecule has 148 heavy (non-hydrogen) atoms. The molecule has 860 valence electrons. The Kier molecular flexibility index (Phi) is 59.7. The Labute approximate surface area is 855 Å². The fraction of sp³-hybridized carbons (Fsp3) is 0.912. The van der Waals surface area contributed by atoms with Gasteiger partial charge in [-0.1, -0.05) is 45.4 Å². The van der Waals surface area contributed by atoms with Gasteiger partial charge in [0.15, 0.2) is 44.0 Å². The molecule has 36 atom stereocenters. The molecule has 0 aromatic heterocycles. The van der Waals surface area contributed by atoms with Crippen LogP contribution in [0, 0.1) is 0 Å². The number of nitrogens with one attached hydrogen (secondary N) is 6. The van der Waals surface area contributed by atoms with Crippen LogP contribution in [0.3, 0.4) is 0 Å². The molecule has 57 nitrogen and oxygen atoms in total. The average molecular weight is 2150 g/mol. The van der Waals surface area contributed by atoms with Gasteiger partial charge in [-0.25, -0.2) is 0 Å². The summed E-state index contributed by atoms with van der Waals surface area (Å²) in [5, 5.41) is 284. The lowest BCUT2D eigenvalue weighted by atomic mass is 9.96. The van der Waals surface area contributed by atoms with Gasteiger partial charge >= 0.3 is 0 Å². The Morgan fingerprint density at radius 3 is 0.926 bits per heavy atom. The monoisotopic (exact) mass is 2150 g/mol. The topological polar surface area (TPSA) is 874 Å². The Balaban J connectivity index is 0.945. The van der Waals surface area contributed by atoms with E-state index in [0.717, 1.165) is 19.3 Å². The van der Waals surface area contributed by atoms with E-state index in [4.69, 9.17) is 66.3 Å². The van der Waals surface area contributed by atoms with Crippen molar-refractivity contribution in [2.24, 2.45) is 0 Å². The SMILES string of the molecule is CCCCCCNC(=O)CN(CC(=O)NCCCCCC(=O)NCCO[C@H]1O[C@H](CO[C@H]2O[C@H](CO)[C@@H](O)[C@H](O)[C@@H]2O)[C@@H](O)[C@H](O[C@H]2O[C@H](CO)[C@@H](O)[C@H](O)[C@@H]2O)[C@@H]1O)CC(=O)N[C@@H](CCC(=O)NCCCCCC(=O)N(CCCO[C@H]1O[C@H](CO)[C@@H](O)[C@H](O)[C@@H]1O)CCCO[C@H]1O[C@H](CO)[C@@H](O)[C@H](O)[C@@H]1O)C(=O)NCCCCCC(=O)N(CCCO[C@H]1O[C@H](CO)[C@@H](O)[C@H](O)[C@@H]1O)CCCO[C@H]1O[C@H](CO)[C@@H](O)[C@H](O)[C@@H]1O. The van der Waals surface area contributed by atoms with Crippen LogP contribution in [0.5, 0.6) is 0 Å². The molecule has 57 heteroatoms. The maximum Gasteiger partial charge on any atom is 0.242 e. The molecular formula is C91H163N9O48. The Morgan fingerprint density at radius 2 is 0.561 bits per heavy atom. The number of aliphatic hydroxyl groups excluding tert-OH is 26. The third-order valence-corrected chi connectivity index (χ3v) is 26.2. The van der Waals surface area contributed by atoms with Crippen LogP contribution in [-0.4, -0.2) is 574 Å². The van der Waals surface area contributed by atoms with Crippen molar-refractivity contribution >= 4 is 47.3 Å². The van der Waals surface area contributed by atoms with E-state index in [1.54, 1.807) is 0 Å². The molecule has 7 fully saturated rings. The quantitative estimate of drug-likeness (QED) is 0.0251. The summed E-state index contributed by atoms with van der Waals surface area (Å²) in [4.78, 5) is 115. The van der Waals surface area contributed by atoms with Gasteiger partial charge in [-0.15, -0.1) is 0 Å². The van der Waals surface area contributed by atoms with E-state index in [-0.39, 0.29) is 174 Å². The predicted octanol–water partition coefficient (Wildman–Crippen LogP) is -15.7. The zero-order chi connectivity index (χ0) is 109. The zero-order valence-electron chi connectivity index (χ0n) is 83.3. The summed E-state index contributed by atoms with van der Waals surface area (Å²) in [5.41, 5.74) is 0. The van der Waals surface area contributed by atoms with E-state index in [1.807, 2.05) is 6.92 Å². The number of hydrogen-bond donors (Lipinski definition) is 32. The van der Waals surface area contributed by atoms with Gasteiger partial charge in [-0.05, 0) is 77.0 Å². The maximum absolute atomic E-state index is 14.3. The van der Waals surface area contributed by atoms with Gasteiger partial charge in [0.25, 0.3) is 0 Å². The highest BCUT2D eigenvalue weighted by molar-refractivity contribution is 5.90. The fourth-order valence-corrected chi connectivity index (χ4v) is 17.3. The minimum absolute atomic E-state index is 0.000411. The smallest absolute Gasteiger partial charge is 0.242 e. The molecule has 0 radical (unpaired) electrons. The number of amides is 8. The van der Waals surface area contributed by atoms with Crippen molar-refractivity contribution in [2.45, 2.75) is 369 Å². The van der Waals surface area contributed by atoms with Gasteiger partial charge in [0.1, 0.15) is 177 Å². The molecule has 0 aromatic rings. The van der Waals surface area contributed by atoms with E-state index in [2.05, 4.69) is 31.9 Å². The summed E-state index contributed by atoms with van der Waals surface area (Å²) in [6, 6.07) is -1.42. The van der Waals surface area contributed by atoms with Gasteiger partial charge in [0, 0.05) is 84.6 Å². The summed E-state index contributed by atoms with van der Waals surface area (Å²) in [7, 11) is 0. The molecule has 0 aliphatic carbocycles. The molecule has 8 amide bonds. The summed E-state index contributed by atoms with van der Waals surface area (Å²) < 4.78 is 78.1. The first-order chi connectivity index (χ1) is 70.8. The van der Waals surface area contributed by atoms with Crippen molar-refractivity contribution in [3.05, 3.63) is 0 Å². The molecule has 7 heterocycles. The first kappa shape index (κ1) is 129. The summed E-state index contributed by atoms with van der Waals surface area (Å²) in [6.45, 7) is -5.32. The van der Waals surface area contributed by atoms with Crippen molar-refractivity contribution in [3.63, 3.8) is 0 Å². The summed E-state index contributed by atoms with van der Waals surface area (Å²) in [5.74, 6) is -4.44. The van der Waals surface area contributed by atoms with Crippen LogP contribution in [-0.2, 0) is 105 Å². The van der Waals surface area contributed by atoms with Gasteiger partial charge < -0.3 is 241 Å². The largest absolute Gasteiger partial charge is 0.394 e. The predicted molar refractivity (Wildman–Crippen MR) is 498 cm³/mol. The van der Waals surface area contributed by atoms with Gasteiger partial charge in [-0.2, -0.15) is 0 Å². The van der Waals surface area contributed by atoms with Crippen molar-refractivity contribution in [2.75, 3.05) is 158 Å². The Bertz CT molecular complexity index is 3670. The number of hydrogen-bond acceptors (Lipinski definition) is 49. The number of ether oxygens (including phenoxy) is 14. The zero-order valence-corrected chi connectivity index (χ0v) is 83.3. The minimum Gasteiger partial charge on any atom is -0.394 e. The third kappa shape index (κ3) is 41.0. The Hall–Kier alpha value is -5.88. The van der Waals surface area contributed by atoms with E-state index >= 15 is 0 Å². The van der Waals surface area contributed by atoms with Crippen LogP contribution in [0.4, 0.5) is 0 Å². The van der Waals surface area contributed by atoms with E-state index in [9.17, 15) is 171 Å². The third-order valence-electron chi connectivity index (χ3n) is 26.2. The number of unbranched alkanes of at least 4 members (excludes halogenated alkanes) is 9. The molecule has 7 aliphatic heterocycles. The van der Waals surface area contributed by atoms with Gasteiger partial charge in [-0.3, -0.25) is 43.3 Å². The standard InChI is InChI=1S/C91H163N9O48/c1-2-3-4-11-25-93-58(109)38-98(39-59(110)94-26-12-5-8-19-56(107)95-28-37-139-90-82(133)83(148-91-81(132)75(126)68(119)54(46-106)146-91)69(120)55(147-90)47-140-89-80(131)74(125)67(118)53(45-105)145-89)40-60(111)97-48(84(134)96-27-14-7-10-21-62(113)100(31-17-35-137-87-78(129)72(123)65(116)51(43-103)143-87)32-18-36-138-88-79(130)73(124)66(117)52(44-104)144-88)22-23-57(108)92-24-13-6-9-20-61(112)99(29-15-33-135-85-76(127)70(121)63(114)49(41-101)141-85)30-16-34-136-86-77(128)71(122)64(115)50(42-102)142-86/h48-55,63-83,85-91,101-106,114-133H,2-47H2,1H3,(H,92,108)(H,93,109)(H,94,110)(H,95,107)(H,96,134)(H,97,111)/t48-,49+,50+,51+,52+,53+,54+,55+,63+,64+,65+,66+,67+,68+,69+,70-,71-,72-,73-,74-,75-,76-,77-,78-,79-,80-,81-,82-,83-,85-,86-,87-,88-,89-,90-,91+/m0/s1. The van der Waals surface area contributed by atoms with E-state index in [1.165, 1.54) is 14.7 Å². The summed E-state index contributed by atoms with van der Waals surface area (Å²) >= 11 is 0. The molecular weight excluding hydrogens is 1990 g/mol. The van der Waals surface area contributed by atoms with Gasteiger partial charge in [0.2, 0.25) is 47.3 Å². The molecule has 7 rings (SSSR count). The second-order valence-electron chi connectivity index (χ2n) is 37.7. The highest BCUT2D eigenvalue weighted by Crippen LogP contribution is 2.34. The molecule has 7 aliphatic rings.